The van der Waals surface area contributed by atoms with Crippen LogP contribution in [0.4, 0.5) is 4.79 Å². The van der Waals surface area contributed by atoms with Crippen molar-refractivity contribution in [2.45, 2.75) is 70.8 Å². The van der Waals surface area contributed by atoms with Crippen LogP contribution in [0.3, 0.4) is 0 Å². The number of likely N-dealkylation sites (tertiary alicyclic amines) is 1. The van der Waals surface area contributed by atoms with Gasteiger partial charge in [0, 0.05) is 29.9 Å². The lowest BCUT2D eigenvalue weighted by Gasteiger charge is -2.42. The van der Waals surface area contributed by atoms with Crippen molar-refractivity contribution in [1.29, 1.82) is 0 Å². The van der Waals surface area contributed by atoms with Gasteiger partial charge in [-0.3, -0.25) is 0 Å². The van der Waals surface area contributed by atoms with Crippen molar-refractivity contribution in [3.63, 3.8) is 0 Å². The summed E-state index contributed by atoms with van der Waals surface area (Å²) in [5.74, 6) is 0. The van der Waals surface area contributed by atoms with E-state index in [4.69, 9.17) is 9.47 Å². The summed E-state index contributed by atoms with van der Waals surface area (Å²) in [6.07, 6.45) is 1.43. The van der Waals surface area contributed by atoms with Crippen LogP contribution in [-0.4, -0.2) is 58.2 Å². The highest BCUT2D eigenvalue weighted by Crippen LogP contribution is 2.40. The van der Waals surface area contributed by atoms with Crippen molar-refractivity contribution >= 4 is 17.5 Å². The molecule has 2 aliphatic rings. The molecular formula is C17H32N2O4S. The van der Waals surface area contributed by atoms with Crippen LogP contribution >= 0.6 is 0 Å². The summed E-state index contributed by atoms with van der Waals surface area (Å²) in [7, 11) is 0. The van der Waals surface area contributed by atoms with Gasteiger partial charge in [0.1, 0.15) is 10.3 Å². The van der Waals surface area contributed by atoms with Gasteiger partial charge in [-0.15, -0.1) is 4.72 Å². The Kier molecular flexibility index (Phi) is 5.79. The Morgan fingerprint density at radius 3 is 2.33 bits per heavy atom. The first-order valence-electron chi connectivity index (χ1n) is 8.67. The van der Waals surface area contributed by atoms with Crippen molar-refractivity contribution < 1.29 is 18.8 Å². The highest BCUT2D eigenvalue weighted by molar-refractivity contribution is 7.90. The quantitative estimate of drug-likeness (QED) is 0.766. The van der Waals surface area contributed by atoms with Crippen molar-refractivity contribution in [1.82, 2.24) is 9.62 Å². The summed E-state index contributed by atoms with van der Waals surface area (Å²) < 4.78 is 26.6. The second kappa shape index (κ2) is 7.02. The molecule has 1 spiro atoms. The monoisotopic (exact) mass is 360 g/mol. The fraction of sp³-hybridized carbons (Fsp3) is 0.941. The number of nitrogens with zero attached hydrogens (tertiary/aromatic N) is 1. The van der Waals surface area contributed by atoms with E-state index >= 15 is 0 Å². The molecule has 6 nitrogen and oxygen atoms in total. The van der Waals surface area contributed by atoms with Crippen LogP contribution in [0.15, 0.2) is 0 Å². The number of piperidine rings is 1. The molecule has 0 aromatic carbocycles. The van der Waals surface area contributed by atoms with Gasteiger partial charge in [-0.25, -0.2) is 4.79 Å². The van der Waals surface area contributed by atoms with Crippen molar-refractivity contribution in [2.75, 3.05) is 26.3 Å². The van der Waals surface area contributed by atoms with Crippen LogP contribution in [0.25, 0.3) is 0 Å². The first-order chi connectivity index (χ1) is 10.9. The molecule has 2 rings (SSSR count). The summed E-state index contributed by atoms with van der Waals surface area (Å²) >= 11 is -1.12. The second-order valence-electron chi connectivity index (χ2n) is 8.90. The topological polar surface area (TPSA) is 73.9 Å². The van der Waals surface area contributed by atoms with E-state index < -0.39 is 17.0 Å². The van der Waals surface area contributed by atoms with Crippen LogP contribution in [0.5, 0.6) is 0 Å². The fourth-order valence-electron chi connectivity index (χ4n) is 3.08. The number of amides is 1. The first kappa shape index (κ1) is 19.8. The van der Waals surface area contributed by atoms with E-state index in [2.05, 4.69) is 4.72 Å². The molecule has 1 amide bonds. The van der Waals surface area contributed by atoms with E-state index in [1.54, 1.807) is 4.90 Å². The molecule has 0 radical (unpaired) electrons. The van der Waals surface area contributed by atoms with Gasteiger partial charge in [0.25, 0.3) is 0 Å². The highest BCUT2D eigenvalue weighted by atomic mass is 32.2. The number of carbonyl (C=O) groups is 1. The third-order valence-electron chi connectivity index (χ3n) is 4.63. The van der Waals surface area contributed by atoms with E-state index in [0.29, 0.717) is 26.3 Å². The standard InChI is InChI=1S/C17H32N2O4S/c1-15(2,3)23-14(20)19-9-7-17(8-10-19)12-22-11-13(17)18-24(21)16(4,5)6/h13,18H,7-12H2,1-6H3/t13-,24?/m1/s1. The lowest BCUT2D eigenvalue weighted by Crippen LogP contribution is -2.55. The molecule has 2 aliphatic heterocycles. The molecule has 2 atom stereocenters. The largest absolute Gasteiger partial charge is 0.598 e. The average molecular weight is 361 g/mol. The minimum absolute atomic E-state index is 0.0422. The molecule has 0 aliphatic carbocycles. The zero-order valence-electron chi connectivity index (χ0n) is 15.8. The number of ether oxygens (including phenoxy) is 2. The summed E-state index contributed by atoms with van der Waals surface area (Å²) in [4.78, 5) is 14.0. The zero-order valence-corrected chi connectivity index (χ0v) is 16.6. The minimum atomic E-state index is -1.12. The summed E-state index contributed by atoms with van der Waals surface area (Å²) in [5.41, 5.74) is -0.518. The Morgan fingerprint density at radius 1 is 1.25 bits per heavy atom. The number of rotatable bonds is 2. The van der Waals surface area contributed by atoms with Crippen LogP contribution in [-0.2, 0) is 20.8 Å². The molecule has 140 valence electrons. The van der Waals surface area contributed by atoms with E-state index in [1.165, 1.54) is 0 Å². The molecule has 1 unspecified atom stereocenters. The Hall–Kier alpha value is -0.500. The Balaban J connectivity index is 1.94. The normalized spacial score (nSPS) is 25.8. The Morgan fingerprint density at radius 2 is 1.83 bits per heavy atom. The maximum Gasteiger partial charge on any atom is 0.410 e. The molecule has 7 heteroatoms. The molecule has 2 heterocycles. The summed E-state index contributed by atoms with van der Waals surface area (Å²) in [6.45, 7) is 14.1. The minimum Gasteiger partial charge on any atom is -0.598 e. The van der Waals surface area contributed by atoms with Gasteiger partial charge in [-0.1, -0.05) is 0 Å². The molecule has 0 bridgehead atoms. The number of hydrogen-bond acceptors (Lipinski definition) is 5. The summed E-state index contributed by atoms with van der Waals surface area (Å²) in [5, 5.41) is 0. The maximum absolute atomic E-state index is 12.4. The summed E-state index contributed by atoms with van der Waals surface area (Å²) in [6, 6.07) is 0.0679. The molecule has 1 N–H and O–H groups in total. The maximum atomic E-state index is 12.4. The first-order valence-corrected chi connectivity index (χ1v) is 9.82. The second-order valence-corrected chi connectivity index (χ2v) is 10.9. The average Bonchev–Trinajstić information content (AvgIpc) is 2.79. The van der Waals surface area contributed by atoms with E-state index in [1.807, 2.05) is 41.5 Å². The lowest BCUT2D eigenvalue weighted by atomic mass is 9.75. The SMILES string of the molecule is CC(C)(C)OC(=O)N1CCC2(CC1)COC[C@H]2N[S+]([O-])C(C)(C)C. The van der Waals surface area contributed by atoms with Gasteiger partial charge < -0.3 is 18.9 Å². The molecule has 24 heavy (non-hydrogen) atoms. The van der Waals surface area contributed by atoms with Gasteiger partial charge in [-0.2, -0.15) is 0 Å². The van der Waals surface area contributed by atoms with Crippen LogP contribution < -0.4 is 4.72 Å². The molecule has 2 saturated heterocycles. The van der Waals surface area contributed by atoms with E-state index in [-0.39, 0.29) is 22.3 Å². The molecule has 0 aromatic rings. The smallest absolute Gasteiger partial charge is 0.410 e. The number of hydrogen-bond donors (Lipinski definition) is 1. The van der Waals surface area contributed by atoms with Crippen LogP contribution in [0, 0.1) is 5.41 Å². The number of carbonyl (C=O) groups excluding carboxylic acids is 1. The molecule has 0 saturated carbocycles. The highest BCUT2D eigenvalue weighted by Gasteiger charge is 2.49. The van der Waals surface area contributed by atoms with E-state index in [9.17, 15) is 9.35 Å². The van der Waals surface area contributed by atoms with Crippen molar-refractivity contribution in [2.24, 2.45) is 5.41 Å². The van der Waals surface area contributed by atoms with E-state index in [0.717, 1.165) is 12.8 Å². The van der Waals surface area contributed by atoms with Gasteiger partial charge in [0.15, 0.2) is 0 Å². The van der Waals surface area contributed by atoms with Gasteiger partial charge >= 0.3 is 6.09 Å². The van der Waals surface area contributed by atoms with Crippen LogP contribution in [0.1, 0.15) is 54.4 Å². The van der Waals surface area contributed by atoms with Crippen molar-refractivity contribution in [3.8, 4) is 0 Å². The van der Waals surface area contributed by atoms with Gasteiger partial charge in [0.05, 0.1) is 19.3 Å². The lowest BCUT2D eigenvalue weighted by molar-refractivity contribution is 0.00663. The molecule has 0 aromatic heterocycles. The third kappa shape index (κ3) is 4.77. The Labute approximate surface area is 148 Å². The van der Waals surface area contributed by atoms with Crippen LogP contribution in [0.2, 0.25) is 0 Å². The third-order valence-corrected chi connectivity index (χ3v) is 6.24. The Bertz CT molecular complexity index is 450. The predicted octanol–water partition coefficient (Wildman–Crippen LogP) is 2.45. The van der Waals surface area contributed by atoms with Gasteiger partial charge in [-0.05, 0) is 54.4 Å². The van der Waals surface area contributed by atoms with Gasteiger partial charge in [0.2, 0.25) is 0 Å². The number of nitrogens with one attached hydrogen (secondary N) is 1. The molecule has 2 fully saturated rings. The zero-order chi connectivity index (χ0) is 18.2. The van der Waals surface area contributed by atoms with Crippen molar-refractivity contribution in [3.05, 3.63) is 0 Å². The molecular weight excluding hydrogens is 328 g/mol. The predicted molar refractivity (Wildman–Crippen MR) is 95.1 cm³/mol. The fourth-order valence-corrected chi connectivity index (χ4v) is 4.01.